The predicted molar refractivity (Wildman–Crippen MR) is 175 cm³/mol. The lowest BCUT2D eigenvalue weighted by Gasteiger charge is -2.40. The van der Waals surface area contributed by atoms with Gasteiger partial charge in [0.25, 0.3) is 0 Å². The van der Waals surface area contributed by atoms with Crippen molar-refractivity contribution in [3.63, 3.8) is 0 Å². The summed E-state index contributed by atoms with van der Waals surface area (Å²) in [6, 6.07) is 0. The van der Waals surface area contributed by atoms with Gasteiger partial charge in [-0.2, -0.15) is 0 Å². The van der Waals surface area contributed by atoms with E-state index in [9.17, 15) is 20.4 Å². The lowest BCUT2D eigenvalue weighted by molar-refractivity contribution is -0.310. The summed E-state index contributed by atoms with van der Waals surface area (Å²) in [6.45, 7) is 3.79. The van der Waals surface area contributed by atoms with Crippen LogP contribution in [0.4, 0.5) is 0 Å². The Labute approximate surface area is 260 Å². The summed E-state index contributed by atoms with van der Waals surface area (Å²) in [5, 5.41) is 39.1. The van der Waals surface area contributed by atoms with Crippen molar-refractivity contribution in [3.05, 3.63) is 0 Å². The molecule has 252 valence electrons. The summed E-state index contributed by atoms with van der Waals surface area (Å²) < 4.78 is 11.2. The Morgan fingerprint density at radius 2 is 0.833 bits per heavy atom. The lowest BCUT2D eigenvalue weighted by Crippen LogP contribution is -2.59. The van der Waals surface area contributed by atoms with E-state index in [1.807, 2.05) is 6.92 Å². The first-order chi connectivity index (χ1) is 20.5. The van der Waals surface area contributed by atoms with Crippen molar-refractivity contribution in [2.45, 2.75) is 224 Å². The van der Waals surface area contributed by atoms with Gasteiger partial charge < -0.3 is 29.9 Å². The minimum atomic E-state index is -1.38. The summed E-state index contributed by atoms with van der Waals surface area (Å²) in [5.74, 6) is 0. The van der Waals surface area contributed by atoms with Gasteiger partial charge in [-0.3, -0.25) is 0 Å². The SMILES string of the molecule is CCCCCCCCCCCCCCCCCCCCCCCCCCCC[C@@H](C)O[C@H]1O[C@H](CO)[C@@H](O)[C@H](O)[C@H]1O. The molecular formula is C36H72O6. The molecule has 1 fully saturated rings. The van der Waals surface area contributed by atoms with Gasteiger partial charge in [-0.1, -0.05) is 174 Å². The van der Waals surface area contributed by atoms with Gasteiger partial charge in [0.1, 0.15) is 24.4 Å². The molecule has 6 atom stereocenters. The van der Waals surface area contributed by atoms with E-state index in [0.717, 1.165) is 12.8 Å². The van der Waals surface area contributed by atoms with E-state index in [1.54, 1.807) is 0 Å². The van der Waals surface area contributed by atoms with Gasteiger partial charge in [0.05, 0.1) is 12.7 Å². The molecule has 0 unspecified atom stereocenters. The molecule has 42 heavy (non-hydrogen) atoms. The van der Waals surface area contributed by atoms with Crippen molar-refractivity contribution in [2.75, 3.05) is 6.61 Å². The van der Waals surface area contributed by atoms with Crippen molar-refractivity contribution in [2.24, 2.45) is 0 Å². The third-order valence-corrected chi connectivity index (χ3v) is 9.18. The van der Waals surface area contributed by atoms with Crippen LogP contribution in [0.1, 0.15) is 187 Å². The fourth-order valence-corrected chi connectivity index (χ4v) is 6.22. The fraction of sp³-hybridized carbons (Fsp3) is 1.00. The quantitative estimate of drug-likeness (QED) is 0.0615. The number of aliphatic hydroxyl groups is 4. The Hall–Kier alpha value is -0.240. The van der Waals surface area contributed by atoms with Crippen LogP contribution in [0.3, 0.4) is 0 Å². The maximum Gasteiger partial charge on any atom is 0.186 e. The van der Waals surface area contributed by atoms with Crippen molar-refractivity contribution in [1.29, 1.82) is 0 Å². The Kier molecular flexibility index (Phi) is 26.8. The highest BCUT2D eigenvalue weighted by Gasteiger charge is 2.44. The Bertz CT molecular complexity index is 559. The molecular weight excluding hydrogens is 528 g/mol. The minimum absolute atomic E-state index is 0.124. The number of rotatable bonds is 30. The van der Waals surface area contributed by atoms with E-state index in [-0.39, 0.29) is 6.10 Å². The van der Waals surface area contributed by atoms with Gasteiger partial charge in [0, 0.05) is 0 Å². The molecule has 4 N–H and O–H groups in total. The molecule has 0 aliphatic carbocycles. The zero-order valence-electron chi connectivity index (χ0n) is 27.9. The van der Waals surface area contributed by atoms with Crippen LogP contribution < -0.4 is 0 Å². The second kappa shape index (κ2) is 28.2. The van der Waals surface area contributed by atoms with Crippen molar-refractivity contribution in [3.8, 4) is 0 Å². The van der Waals surface area contributed by atoms with Crippen molar-refractivity contribution < 1.29 is 29.9 Å². The van der Waals surface area contributed by atoms with Gasteiger partial charge in [-0.15, -0.1) is 0 Å². The predicted octanol–water partition coefficient (Wildman–Crippen LogP) is 8.74. The van der Waals surface area contributed by atoms with Gasteiger partial charge in [-0.05, 0) is 13.3 Å². The van der Waals surface area contributed by atoms with Crippen LogP contribution in [0.5, 0.6) is 0 Å². The summed E-state index contributed by atoms with van der Waals surface area (Å²) in [6.07, 6.45) is 30.9. The molecule has 1 saturated heterocycles. The van der Waals surface area contributed by atoms with Crippen LogP contribution in [-0.4, -0.2) is 63.8 Å². The summed E-state index contributed by atoms with van der Waals surface area (Å²) in [4.78, 5) is 0. The molecule has 6 nitrogen and oxygen atoms in total. The highest BCUT2D eigenvalue weighted by molar-refractivity contribution is 4.89. The highest BCUT2D eigenvalue weighted by Crippen LogP contribution is 2.24. The Morgan fingerprint density at radius 3 is 1.17 bits per heavy atom. The maximum absolute atomic E-state index is 10.1. The largest absolute Gasteiger partial charge is 0.394 e. The highest BCUT2D eigenvalue weighted by atomic mass is 16.7. The van der Waals surface area contributed by atoms with Crippen LogP contribution in [0.25, 0.3) is 0 Å². The van der Waals surface area contributed by atoms with Crippen LogP contribution in [0, 0.1) is 0 Å². The molecule has 0 bridgehead atoms. The Balaban J connectivity index is 1.77. The zero-order valence-corrected chi connectivity index (χ0v) is 27.9. The topological polar surface area (TPSA) is 99.4 Å². The maximum atomic E-state index is 10.1. The van der Waals surface area contributed by atoms with Crippen molar-refractivity contribution in [1.82, 2.24) is 0 Å². The normalized spacial score (nSPS) is 23.4. The third-order valence-electron chi connectivity index (χ3n) is 9.18. The van der Waals surface area contributed by atoms with E-state index in [2.05, 4.69) is 6.92 Å². The molecule has 1 rings (SSSR count). The standard InChI is InChI=1S/C36H72O6/c1-3-4-5-6-7-8-9-10-11-12-13-14-15-16-17-18-19-20-21-22-23-24-25-26-27-28-29-31(2)41-36-35(40)34(39)33(38)32(30-37)42-36/h31-40H,3-30H2,1-2H3/t31-,32-,33-,34+,35-,36+/m1/s1. The van der Waals surface area contributed by atoms with Gasteiger partial charge in [-0.25, -0.2) is 0 Å². The van der Waals surface area contributed by atoms with Gasteiger partial charge >= 0.3 is 0 Å². The smallest absolute Gasteiger partial charge is 0.186 e. The summed E-state index contributed by atoms with van der Waals surface area (Å²) in [7, 11) is 0. The van der Waals surface area contributed by atoms with E-state index in [0.29, 0.717) is 0 Å². The molecule has 1 aliphatic rings. The molecule has 0 amide bonds. The molecule has 0 aromatic carbocycles. The van der Waals surface area contributed by atoms with Crippen LogP contribution >= 0.6 is 0 Å². The number of hydrogen-bond donors (Lipinski definition) is 4. The monoisotopic (exact) mass is 601 g/mol. The first kappa shape index (κ1) is 39.8. The zero-order chi connectivity index (χ0) is 30.7. The molecule has 0 saturated carbocycles. The van der Waals surface area contributed by atoms with Gasteiger partial charge in [0.15, 0.2) is 6.29 Å². The number of hydrogen-bond acceptors (Lipinski definition) is 6. The Morgan fingerprint density at radius 1 is 0.500 bits per heavy atom. The lowest BCUT2D eigenvalue weighted by atomic mass is 9.99. The number of ether oxygens (including phenoxy) is 2. The number of aliphatic hydroxyl groups excluding tert-OH is 4. The average molecular weight is 601 g/mol. The first-order valence-corrected chi connectivity index (χ1v) is 18.5. The van der Waals surface area contributed by atoms with Gasteiger partial charge in [0.2, 0.25) is 0 Å². The third kappa shape index (κ3) is 20.7. The summed E-state index contributed by atoms with van der Waals surface area (Å²) >= 11 is 0. The van der Waals surface area contributed by atoms with Crippen LogP contribution in [-0.2, 0) is 9.47 Å². The van der Waals surface area contributed by atoms with Crippen LogP contribution in [0.2, 0.25) is 0 Å². The van der Waals surface area contributed by atoms with E-state index < -0.39 is 37.3 Å². The minimum Gasteiger partial charge on any atom is -0.394 e. The molecule has 6 heteroatoms. The average Bonchev–Trinajstić information content (AvgIpc) is 2.99. The van der Waals surface area contributed by atoms with E-state index in [1.165, 1.54) is 161 Å². The first-order valence-electron chi connectivity index (χ1n) is 18.5. The fourth-order valence-electron chi connectivity index (χ4n) is 6.22. The van der Waals surface area contributed by atoms with E-state index >= 15 is 0 Å². The van der Waals surface area contributed by atoms with Crippen LogP contribution in [0.15, 0.2) is 0 Å². The second-order valence-electron chi connectivity index (χ2n) is 13.3. The molecule has 0 aromatic rings. The molecule has 0 aromatic heterocycles. The number of unbranched alkanes of at least 4 members (excludes halogenated alkanes) is 25. The molecule has 1 heterocycles. The molecule has 0 radical (unpaired) electrons. The van der Waals surface area contributed by atoms with Crippen molar-refractivity contribution >= 4 is 0 Å². The molecule has 0 spiro atoms. The molecule has 1 aliphatic heterocycles. The second-order valence-corrected chi connectivity index (χ2v) is 13.3. The summed E-state index contributed by atoms with van der Waals surface area (Å²) in [5.41, 5.74) is 0. The van der Waals surface area contributed by atoms with E-state index in [4.69, 9.17) is 9.47 Å².